The summed E-state index contributed by atoms with van der Waals surface area (Å²) in [5.41, 5.74) is 2.18. The van der Waals surface area contributed by atoms with Gasteiger partial charge in [-0.25, -0.2) is 4.98 Å². The van der Waals surface area contributed by atoms with Gasteiger partial charge in [-0.2, -0.15) is 0 Å². The van der Waals surface area contributed by atoms with Gasteiger partial charge < -0.3 is 10.1 Å². The van der Waals surface area contributed by atoms with Crippen molar-refractivity contribution >= 4 is 28.8 Å². The van der Waals surface area contributed by atoms with Gasteiger partial charge in [-0.1, -0.05) is 6.07 Å². The molecule has 0 unspecified atom stereocenters. The van der Waals surface area contributed by atoms with Crippen molar-refractivity contribution in [2.45, 2.75) is 33.4 Å². The molecule has 0 atom stereocenters. The van der Waals surface area contributed by atoms with Crippen LogP contribution in [-0.2, 0) is 11.3 Å². The molecule has 1 N–H and O–H groups in total. The smallest absolute Gasteiger partial charge is 0.270 e. The zero-order valence-corrected chi connectivity index (χ0v) is 14.6. The molecule has 1 aliphatic heterocycles. The highest BCUT2D eigenvalue weighted by molar-refractivity contribution is 7.09. The molecule has 126 valence electrons. The Labute approximate surface area is 144 Å². The van der Waals surface area contributed by atoms with Gasteiger partial charge in [0.2, 0.25) is 0 Å². The monoisotopic (exact) mass is 345 g/mol. The molecule has 0 saturated carbocycles. The summed E-state index contributed by atoms with van der Waals surface area (Å²) in [4.78, 5) is 30.3. The summed E-state index contributed by atoms with van der Waals surface area (Å²) in [6, 6.07) is 5.79. The molecule has 7 heteroatoms. The van der Waals surface area contributed by atoms with Crippen LogP contribution in [0.4, 0.5) is 5.69 Å². The fourth-order valence-corrected chi connectivity index (χ4v) is 3.21. The fourth-order valence-electron chi connectivity index (χ4n) is 2.44. The lowest BCUT2D eigenvalue weighted by molar-refractivity contribution is -0.121. The number of nitrogens with zero attached hydrogens (tertiary/aromatic N) is 2. The van der Waals surface area contributed by atoms with Crippen molar-refractivity contribution in [3.8, 4) is 5.75 Å². The van der Waals surface area contributed by atoms with Crippen molar-refractivity contribution in [3.05, 3.63) is 39.8 Å². The molecule has 2 aromatic rings. The highest BCUT2D eigenvalue weighted by atomic mass is 32.1. The lowest BCUT2D eigenvalue weighted by Crippen LogP contribution is -2.38. The predicted octanol–water partition coefficient (Wildman–Crippen LogP) is 2.52. The maximum atomic E-state index is 12.3. The third kappa shape index (κ3) is 3.41. The molecule has 0 saturated heterocycles. The van der Waals surface area contributed by atoms with E-state index in [4.69, 9.17) is 4.74 Å². The van der Waals surface area contributed by atoms with Crippen LogP contribution in [0.2, 0.25) is 0 Å². The Morgan fingerprint density at radius 3 is 3.00 bits per heavy atom. The molecule has 0 fully saturated rings. The Balaban J connectivity index is 1.82. The molecular weight excluding hydrogens is 326 g/mol. The molecule has 3 rings (SSSR count). The van der Waals surface area contributed by atoms with Gasteiger partial charge in [-0.05, 0) is 38.5 Å². The number of carbonyl (C=O) groups is 2. The minimum absolute atomic E-state index is 0.0160. The van der Waals surface area contributed by atoms with E-state index in [2.05, 4.69) is 10.3 Å². The second-order valence-corrected chi connectivity index (χ2v) is 6.94. The van der Waals surface area contributed by atoms with Crippen molar-refractivity contribution < 1.29 is 14.3 Å². The van der Waals surface area contributed by atoms with E-state index in [-0.39, 0.29) is 24.5 Å². The number of benzene rings is 1. The zero-order valence-electron chi connectivity index (χ0n) is 13.8. The number of aromatic nitrogens is 1. The summed E-state index contributed by atoms with van der Waals surface area (Å²) in [7, 11) is 0. The number of hydrogen-bond donors (Lipinski definition) is 1. The van der Waals surface area contributed by atoms with Crippen LogP contribution in [0.25, 0.3) is 0 Å². The van der Waals surface area contributed by atoms with Gasteiger partial charge in [0, 0.05) is 11.4 Å². The van der Waals surface area contributed by atoms with Gasteiger partial charge in [-0.3, -0.25) is 14.5 Å². The minimum atomic E-state index is -0.197. The van der Waals surface area contributed by atoms with Gasteiger partial charge in [0.1, 0.15) is 16.5 Å². The largest absolute Gasteiger partial charge is 0.482 e. The highest BCUT2D eigenvalue weighted by Gasteiger charge is 2.26. The van der Waals surface area contributed by atoms with Gasteiger partial charge in [0.15, 0.2) is 6.61 Å². The molecular formula is C17H19N3O3S. The average Bonchev–Trinajstić information content (AvgIpc) is 2.98. The van der Waals surface area contributed by atoms with Crippen molar-refractivity contribution in [1.82, 2.24) is 10.3 Å². The Hall–Kier alpha value is -2.41. The number of amides is 2. The van der Waals surface area contributed by atoms with Gasteiger partial charge in [0.25, 0.3) is 11.8 Å². The molecule has 2 heterocycles. The Morgan fingerprint density at radius 1 is 1.46 bits per heavy atom. The molecule has 0 spiro atoms. The second kappa shape index (κ2) is 6.60. The predicted molar refractivity (Wildman–Crippen MR) is 92.6 cm³/mol. The van der Waals surface area contributed by atoms with E-state index in [0.29, 0.717) is 23.0 Å². The summed E-state index contributed by atoms with van der Waals surface area (Å²) < 4.78 is 5.47. The summed E-state index contributed by atoms with van der Waals surface area (Å²) in [6.07, 6.45) is 0. The number of nitrogens with one attached hydrogen (secondary N) is 1. The van der Waals surface area contributed by atoms with E-state index in [1.807, 2.05) is 39.0 Å². The zero-order chi connectivity index (χ0) is 17.3. The molecule has 0 aliphatic carbocycles. The summed E-state index contributed by atoms with van der Waals surface area (Å²) in [5, 5.41) is 5.24. The van der Waals surface area contributed by atoms with E-state index in [0.717, 1.165) is 11.3 Å². The van der Waals surface area contributed by atoms with Crippen LogP contribution in [0.15, 0.2) is 23.6 Å². The number of thiazole rings is 1. The maximum absolute atomic E-state index is 12.3. The molecule has 6 nitrogen and oxygen atoms in total. The van der Waals surface area contributed by atoms with Crippen LogP contribution < -0.4 is 15.0 Å². The number of aryl methyl sites for hydroxylation is 1. The molecule has 1 aromatic heterocycles. The van der Waals surface area contributed by atoms with Crippen LogP contribution in [0, 0.1) is 6.92 Å². The van der Waals surface area contributed by atoms with Crippen molar-refractivity contribution in [3.63, 3.8) is 0 Å². The topological polar surface area (TPSA) is 71.5 Å². The summed E-state index contributed by atoms with van der Waals surface area (Å²) >= 11 is 1.37. The molecule has 0 radical (unpaired) electrons. The first-order chi connectivity index (χ1) is 11.4. The van der Waals surface area contributed by atoms with Crippen LogP contribution >= 0.6 is 11.3 Å². The van der Waals surface area contributed by atoms with Crippen molar-refractivity contribution in [2.24, 2.45) is 0 Å². The number of fused-ring (bicyclic) bond motifs is 1. The second-order valence-electron chi connectivity index (χ2n) is 5.99. The Bertz CT molecular complexity index is 785. The molecule has 1 aliphatic rings. The normalized spacial score (nSPS) is 13.7. The fraction of sp³-hybridized carbons (Fsp3) is 0.353. The number of carbonyl (C=O) groups excluding carboxylic acids is 2. The number of rotatable bonds is 4. The van der Waals surface area contributed by atoms with Crippen molar-refractivity contribution in [2.75, 3.05) is 11.5 Å². The van der Waals surface area contributed by atoms with E-state index in [1.165, 1.54) is 11.3 Å². The Morgan fingerprint density at radius 2 is 2.25 bits per heavy atom. The third-order valence-corrected chi connectivity index (χ3v) is 4.39. The van der Waals surface area contributed by atoms with Crippen LogP contribution in [-0.4, -0.2) is 29.4 Å². The lowest BCUT2D eigenvalue weighted by Gasteiger charge is -2.29. The standard InChI is InChI=1S/C17H19N3O3S/c1-10(2)18-17(22)12-9-24-15(19-12)7-20-13-6-11(3)4-5-14(13)23-8-16(20)21/h4-6,9-10H,7-8H2,1-3H3,(H,18,22). The van der Waals surface area contributed by atoms with E-state index in [1.54, 1.807) is 10.3 Å². The van der Waals surface area contributed by atoms with Crippen LogP contribution in [0.3, 0.4) is 0 Å². The third-order valence-electron chi connectivity index (χ3n) is 3.55. The van der Waals surface area contributed by atoms with E-state index >= 15 is 0 Å². The Kier molecular flexibility index (Phi) is 4.53. The average molecular weight is 345 g/mol. The van der Waals surface area contributed by atoms with Gasteiger partial charge in [0.05, 0.1) is 12.2 Å². The lowest BCUT2D eigenvalue weighted by atomic mass is 10.1. The first-order valence-electron chi connectivity index (χ1n) is 7.73. The van der Waals surface area contributed by atoms with Crippen LogP contribution in [0.5, 0.6) is 5.75 Å². The number of hydrogen-bond acceptors (Lipinski definition) is 5. The summed E-state index contributed by atoms with van der Waals surface area (Å²) in [6.45, 7) is 6.11. The first kappa shape index (κ1) is 16.4. The number of anilines is 1. The van der Waals surface area contributed by atoms with Crippen molar-refractivity contribution in [1.29, 1.82) is 0 Å². The van der Waals surface area contributed by atoms with Gasteiger partial charge >= 0.3 is 0 Å². The summed E-state index contributed by atoms with van der Waals surface area (Å²) in [5.74, 6) is 0.378. The quantitative estimate of drug-likeness (QED) is 0.924. The van der Waals surface area contributed by atoms with E-state index < -0.39 is 0 Å². The number of ether oxygens (including phenoxy) is 1. The molecule has 0 bridgehead atoms. The molecule has 24 heavy (non-hydrogen) atoms. The molecule has 2 amide bonds. The maximum Gasteiger partial charge on any atom is 0.270 e. The minimum Gasteiger partial charge on any atom is -0.482 e. The van der Waals surface area contributed by atoms with E-state index in [9.17, 15) is 9.59 Å². The highest BCUT2D eigenvalue weighted by Crippen LogP contribution is 2.34. The van der Waals surface area contributed by atoms with Gasteiger partial charge in [-0.15, -0.1) is 11.3 Å². The van der Waals surface area contributed by atoms with Crippen LogP contribution in [0.1, 0.15) is 34.9 Å². The first-order valence-corrected chi connectivity index (χ1v) is 8.61. The molecule has 1 aromatic carbocycles. The SMILES string of the molecule is Cc1ccc2c(c1)N(Cc1nc(C(=O)NC(C)C)cs1)C(=O)CO2.